The first-order valence-corrected chi connectivity index (χ1v) is 12.4. The largest absolute Gasteiger partial charge is 0.351 e. The topological polar surface area (TPSA) is 83.4 Å². The maximum absolute atomic E-state index is 14.4. The summed E-state index contributed by atoms with van der Waals surface area (Å²) in [5.74, 6) is -1.48. The van der Waals surface area contributed by atoms with Crippen LogP contribution < -0.4 is 15.5 Å². The number of aryl methyl sites for hydroxylation is 2. The summed E-state index contributed by atoms with van der Waals surface area (Å²) in [6.07, 6.45) is 3.98. The van der Waals surface area contributed by atoms with Crippen molar-refractivity contribution >= 4 is 40.0 Å². The molecule has 2 heterocycles. The van der Waals surface area contributed by atoms with Crippen LogP contribution in [0.1, 0.15) is 61.1 Å². The van der Waals surface area contributed by atoms with Gasteiger partial charge in [-0.25, -0.2) is 4.39 Å². The highest BCUT2D eigenvalue weighted by Crippen LogP contribution is 2.42. The van der Waals surface area contributed by atoms with Gasteiger partial charge in [-0.1, -0.05) is 25.0 Å². The Hall–Kier alpha value is -3.68. The van der Waals surface area contributed by atoms with Crippen molar-refractivity contribution in [3.63, 3.8) is 0 Å². The quantitative estimate of drug-likeness (QED) is 0.549. The fraction of sp³-hybridized carbons (Fsp3) is 0.393. The van der Waals surface area contributed by atoms with E-state index >= 15 is 0 Å². The fourth-order valence-electron chi connectivity index (χ4n) is 5.64. The minimum atomic E-state index is -1.25. The van der Waals surface area contributed by atoms with Gasteiger partial charge in [0.2, 0.25) is 11.8 Å². The summed E-state index contributed by atoms with van der Waals surface area (Å²) in [5, 5.41) is 6.37. The lowest BCUT2D eigenvalue weighted by Crippen LogP contribution is -2.65. The van der Waals surface area contributed by atoms with Crippen molar-refractivity contribution in [1.29, 1.82) is 0 Å². The molecular weight excluding hydrogens is 459 g/mol. The highest BCUT2D eigenvalue weighted by Gasteiger charge is 2.50. The van der Waals surface area contributed by atoms with Crippen LogP contribution in [0.3, 0.4) is 0 Å². The number of aromatic nitrogens is 1. The molecule has 1 aromatic heterocycles. The van der Waals surface area contributed by atoms with Gasteiger partial charge in [-0.15, -0.1) is 0 Å². The van der Waals surface area contributed by atoms with E-state index in [2.05, 4.69) is 10.6 Å². The number of hydrogen-bond donors (Lipinski definition) is 2. The Morgan fingerprint density at radius 3 is 2.50 bits per heavy atom. The summed E-state index contributed by atoms with van der Waals surface area (Å²) in [7, 11) is 0. The second-order valence-electron chi connectivity index (χ2n) is 10.3. The predicted molar refractivity (Wildman–Crippen MR) is 138 cm³/mol. The third kappa shape index (κ3) is 3.85. The molecule has 7 nitrogen and oxygen atoms in total. The van der Waals surface area contributed by atoms with Gasteiger partial charge in [0.15, 0.2) is 0 Å². The first-order valence-electron chi connectivity index (χ1n) is 12.4. The number of anilines is 2. The molecule has 3 amide bonds. The zero-order valence-corrected chi connectivity index (χ0v) is 21.1. The van der Waals surface area contributed by atoms with E-state index in [0.717, 1.165) is 36.8 Å². The highest BCUT2D eigenvalue weighted by molar-refractivity contribution is 6.20. The number of hydrogen-bond acceptors (Lipinski definition) is 3. The average Bonchev–Trinajstić information content (AvgIpc) is 3.42. The SMILES string of the molecule is CC(=O)Nc1c2n(c3ccc(F)cc13)C[C@](C)(C(=O)NC1CCCC1)N(c1cc(C)ccc1C)C2=O. The van der Waals surface area contributed by atoms with Crippen molar-refractivity contribution < 1.29 is 18.8 Å². The summed E-state index contributed by atoms with van der Waals surface area (Å²) in [6.45, 7) is 7.14. The molecule has 0 unspecified atom stereocenters. The van der Waals surface area contributed by atoms with Crippen LogP contribution in [-0.4, -0.2) is 33.9 Å². The van der Waals surface area contributed by atoms with Gasteiger partial charge in [0.05, 0.1) is 17.7 Å². The first kappa shape index (κ1) is 24.0. The van der Waals surface area contributed by atoms with Gasteiger partial charge in [0.1, 0.15) is 17.1 Å². The Balaban J connectivity index is 1.75. The molecule has 1 atom stereocenters. The maximum Gasteiger partial charge on any atom is 0.278 e. The van der Waals surface area contributed by atoms with Gasteiger partial charge in [-0.05, 0) is 69.0 Å². The number of carbonyl (C=O) groups is 3. The zero-order chi connectivity index (χ0) is 25.8. The van der Waals surface area contributed by atoms with Crippen LogP contribution in [0.25, 0.3) is 10.9 Å². The van der Waals surface area contributed by atoms with Crippen LogP contribution in [0, 0.1) is 19.7 Å². The Bertz CT molecular complexity index is 1410. The second-order valence-corrected chi connectivity index (χ2v) is 10.3. The molecule has 36 heavy (non-hydrogen) atoms. The number of halogens is 1. The molecular formula is C28H31FN4O3. The number of carbonyl (C=O) groups excluding carboxylic acids is 3. The summed E-state index contributed by atoms with van der Waals surface area (Å²) in [4.78, 5) is 42.0. The number of amides is 3. The molecule has 2 aromatic carbocycles. The number of benzene rings is 2. The van der Waals surface area contributed by atoms with Gasteiger partial charge < -0.3 is 15.2 Å². The minimum Gasteiger partial charge on any atom is -0.351 e. The van der Waals surface area contributed by atoms with Crippen molar-refractivity contribution in [3.8, 4) is 0 Å². The number of fused-ring (bicyclic) bond motifs is 3. The average molecular weight is 491 g/mol. The lowest BCUT2D eigenvalue weighted by atomic mass is 9.92. The van der Waals surface area contributed by atoms with Crippen LogP contribution in [0.4, 0.5) is 15.8 Å². The second kappa shape index (κ2) is 8.76. The highest BCUT2D eigenvalue weighted by atomic mass is 19.1. The van der Waals surface area contributed by atoms with Crippen LogP contribution in [0.5, 0.6) is 0 Å². The zero-order valence-electron chi connectivity index (χ0n) is 21.1. The van der Waals surface area contributed by atoms with E-state index in [1.807, 2.05) is 32.0 Å². The molecule has 0 radical (unpaired) electrons. The van der Waals surface area contributed by atoms with Crippen molar-refractivity contribution in [2.75, 3.05) is 10.2 Å². The van der Waals surface area contributed by atoms with Crippen molar-refractivity contribution in [3.05, 3.63) is 59.0 Å². The van der Waals surface area contributed by atoms with Crippen LogP contribution in [0.15, 0.2) is 36.4 Å². The molecule has 1 saturated carbocycles. The predicted octanol–water partition coefficient (Wildman–Crippen LogP) is 4.83. The Morgan fingerprint density at radius 2 is 1.81 bits per heavy atom. The first-order chi connectivity index (χ1) is 17.1. The maximum atomic E-state index is 14.4. The summed E-state index contributed by atoms with van der Waals surface area (Å²) < 4.78 is 16.0. The smallest absolute Gasteiger partial charge is 0.278 e. The van der Waals surface area contributed by atoms with E-state index in [-0.39, 0.29) is 35.8 Å². The van der Waals surface area contributed by atoms with E-state index in [4.69, 9.17) is 0 Å². The lowest BCUT2D eigenvalue weighted by molar-refractivity contribution is -0.127. The van der Waals surface area contributed by atoms with E-state index < -0.39 is 17.3 Å². The molecule has 0 spiro atoms. The van der Waals surface area contributed by atoms with Crippen LogP contribution in [0.2, 0.25) is 0 Å². The number of nitrogens with one attached hydrogen (secondary N) is 2. The normalized spacial score (nSPS) is 20.0. The molecule has 2 N–H and O–H groups in total. The Kier molecular flexibility index (Phi) is 5.85. The molecule has 5 rings (SSSR count). The van der Waals surface area contributed by atoms with Gasteiger partial charge in [-0.3, -0.25) is 19.3 Å². The van der Waals surface area contributed by atoms with Crippen molar-refractivity contribution in [2.24, 2.45) is 0 Å². The Morgan fingerprint density at radius 1 is 1.08 bits per heavy atom. The molecule has 2 aliphatic rings. The number of nitrogens with zero attached hydrogens (tertiary/aromatic N) is 2. The standard InChI is InChI=1S/C28H31FN4O3/c1-16-9-10-17(2)23(13-16)33-26(35)25-24(30-18(3)34)21-14-19(29)11-12-22(21)32(25)15-28(33,4)27(36)31-20-7-5-6-8-20/h9-14,20H,5-8,15H2,1-4H3,(H,30,34)(H,31,36)/t28-/m1/s1. The third-order valence-corrected chi connectivity index (χ3v) is 7.48. The molecule has 0 saturated heterocycles. The van der Waals surface area contributed by atoms with E-state index in [0.29, 0.717) is 16.6 Å². The van der Waals surface area contributed by atoms with Gasteiger partial charge in [0.25, 0.3) is 5.91 Å². The van der Waals surface area contributed by atoms with E-state index in [9.17, 15) is 18.8 Å². The van der Waals surface area contributed by atoms with Crippen molar-refractivity contribution in [1.82, 2.24) is 9.88 Å². The van der Waals surface area contributed by atoms with Gasteiger partial charge in [0, 0.05) is 24.0 Å². The minimum absolute atomic E-state index is 0.0803. The van der Waals surface area contributed by atoms with Crippen LogP contribution >= 0.6 is 0 Å². The molecule has 8 heteroatoms. The molecule has 1 fully saturated rings. The lowest BCUT2D eigenvalue weighted by Gasteiger charge is -2.45. The van der Waals surface area contributed by atoms with E-state index in [1.165, 1.54) is 19.1 Å². The molecule has 1 aliphatic carbocycles. The summed E-state index contributed by atoms with van der Waals surface area (Å²) in [6, 6.07) is 10.1. The summed E-state index contributed by atoms with van der Waals surface area (Å²) in [5.41, 5.74) is 2.28. The molecule has 1 aliphatic heterocycles. The number of rotatable bonds is 4. The monoisotopic (exact) mass is 490 g/mol. The van der Waals surface area contributed by atoms with Gasteiger partial charge in [-0.2, -0.15) is 0 Å². The fourth-order valence-corrected chi connectivity index (χ4v) is 5.64. The summed E-state index contributed by atoms with van der Waals surface area (Å²) >= 11 is 0. The molecule has 0 bridgehead atoms. The Labute approximate surface area is 209 Å². The van der Waals surface area contributed by atoms with Crippen LogP contribution in [-0.2, 0) is 16.1 Å². The third-order valence-electron chi connectivity index (χ3n) is 7.48. The molecule has 188 valence electrons. The van der Waals surface area contributed by atoms with Crippen molar-refractivity contribution in [2.45, 2.75) is 71.5 Å². The van der Waals surface area contributed by atoms with E-state index in [1.54, 1.807) is 22.5 Å². The van der Waals surface area contributed by atoms with Gasteiger partial charge >= 0.3 is 0 Å². The molecule has 3 aromatic rings.